The molecule has 0 atom stereocenters. The molecule has 2 amide bonds. The number of benzene rings is 1. The lowest BCUT2D eigenvalue weighted by atomic mass is 10.2. The number of rotatable bonds is 5. The number of fused-ring (bicyclic) bond motifs is 1. The molecule has 0 unspecified atom stereocenters. The first-order valence-electron chi connectivity index (χ1n) is 10.00. The number of hydrogen-bond donors (Lipinski definition) is 2. The molecule has 0 bridgehead atoms. The summed E-state index contributed by atoms with van der Waals surface area (Å²) in [5.74, 6) is -2.91. The van der Waals surface area contributed by atoms with Gasteiger partial charge in [0.2, 0.25) is 11.9 Å². The maximum atomic E-state index is 13.9. The smallest absolute Gasteiger partial charge is 0.258 e. The van der Waals surface area contributed by atoms with Gasteiger partial charge < -0.3 is 15.2 Å². The van der Waals surface area contributed by atoms with E-state index < -0.39 is 23.2 Å². The number of amides is 2. The van der Waals surface area contributed by atoms with Crippen molar-refractivity contribution >= 4 is 34.2 Å². The van der Waals surface area contributed by atoms with Gasteiger partial charge in [0.15, 0.2) is 5.82 Å². The molecule has 0 radical (unpaired) electrons. The first-order valence-corrected chi connectivity index (χ1v) is 10.00. The topological polar surface area (TPSA) is 88.9 Å². The van der Waals surface area contributed by atoms with Crippen LogP contribution in [0.5, 0.6) is 0 Å². The Bertz CT molecular complexity index is 1360. The molecule has 2 N–H and O–H groups in total. The first kappa shape index (κ1) is 19.8. The molecule has 1 aliphatic rings. The molecule has 160 valence electrons. The lowest BCUT2D eigenvalue weighted by molar-refractivity contribution is -0.117. The Morgan fingerprint density at radius 2 is 1.81 bits per heavy atom. The third-order valence-electron chi connectivity index (χ3n) is 5.29. The molecule has 1 aliphatic carbocycles. The molecule has 32 heavy (non-hydrogen) atoms. The zero-order chi connectivity index (χ0) is 22.2. The normalized spacial score (nSPS) is 13.2. The molecule has 1 saturated carbocycles. The molecule has 0 spiro atoms. The fourth-order valence-corrected chi connectivity index (χ4v) is 3.50. The van der Waals surface area contributed by atoms with E-state index >= 15 is 0 Å². The van der Waals surface area contributed by atoms with Crippen LogP contribution in [0.4, 0.5) is 20.3 Å². The molecule has 0 aliphatic heterocycles. The summed E-state index contributed by atoms with van der Waals surface area (Å²) in [6.07, 6.45) is 6.26. The van der Waals surface area contributed by atoms with Crippen molar-refractivity contribution < 1.29 is 18.4 Å². The zero-order valence-electron chi connectivity index (χ0n) is 16.7. The average Bonchev–Trinajstić information content (AvgIpc) is 3.55. The fraction of sp³-hybridized carbons (Fsp3) is 0.130. The van der Waals surface area contributed by atoms with E-state index in [1.165, 1.54) is 0 Å². The second-order valence-corrected chi connectivity index (χ2v) is 7.50. The highest BCUT2D eigenvalue weighted by molar-refractivity contribution is 6.09. The van der Waals surface area contributed by atoms with Crippen LogP contribution < -0.4 is 10.6 Å². The summed E-state index contributed by atoms with van der Waals surface area (Å²) >= 11 is 0. The van der Waals surface area contributed by atoms with Crippen LogP contribution in [0, 0.1) is 17.7 Å². The fourth-order valence-electron chi connectivity index (χ4n) is 3.50. The third-order valence-corrected chi connectivity index (χ3v) is 5.29. The van der Waals surface area contributed by atoms with Crippen LogP contribution in [0.3, 0.4) is 0 Å². The summed E-state index contributed by atoms with van der Waals surface area (Å²) in [6, 6.07) is 11.8. The van der Waals surface area contributed by atoms with Crippen molar-refractivity contribution in [3.8, 4) is 5.69 Å². The first-order chi connectivity index (χ1) is 15.5. The Hall–Kier alpha value is -4.14. The van der Waals surface area contributed by atoms with E-state index in [1.54, 1.807) is 36.5 Å². The monoisotopic (exact) mass is 433 g/mol. The Morgan fingerprint density at radius 3 is 2.62 bits per heavy atom. The van der Waals surface area contributed by atoms with Gasteiger partial charge in [0.25, 0.3) is 5.91 Å². The van der Waals surface area contributed by atoms with E-state index in [4.69, 9.17) is 0 Å². The summed E-state index contributed by atoms with van der Waals surface area (Å²) in [4.78, 5) is 32.0. The van der Waals surface area contributed by atoms with Crippen LogP contribution in [0.2, 0.25) is 0 Å². The van der Waals surface area contributed by atoms with Gasteiger partial charge in [0.05, 0.1) is 22.5 Å². The predicted molar refractivity (Wildman–Crippen MR) is 115 cm³/mol. The SMILES string of the molecule is O=C(Nc1cccc2c1ccn2-c1ccnc(NC(=O)C2CC2)c1)c1ccnc(F)c1F. The predicted octanol–water partition coefficient (Wildman–Crippen LogP) is 4.30. The molecule has 3 aromatic heterocycles. The van der Waals surface area contributed by atoms with Crippen molar-refractivity contribution in [1.82, 2.24) is 14.5 Å². The van der Waals surface area contributed by atoms with Gasteiger partial charge in [-0.25, -0.2) is 14.4 Å². The van der Waals surface area contributed by atoms with Gasteiger partial charge >= 0.3 is 0 Å². The van der Waals surface area contributed by atoms with Crippen molar-refractivity contribution in [3.05, 3.63) is 78.4 Å². The zero-order valence-corrected chi connectivity index (χ0v) is 16.7. The lowest BCUT2D eigenvalue weighted by Crippen LogP contribution is -2.15. The Balaban J connectivity index is 1.45. The number of aromatic nitrogens is 3. The van der Waals surface area contributed by atoms with Gasteiger partial charge in [0, 0.05) is 36.0 Å². The van der Waals surface area contributed by atoms with E-state index in [9.17, 15) is 18.4 Å². The molecule has 4 aromatic rings. The number of anilines is 2. The van der Waals surface area contributed by atoms with Crippen LogP contribution in [0.1, 0.15) is 23.2 Å². The number of hydrogen-bond acceptors (Lipinski definition) is 4. The molecule has 0 saturated heterocycles. The van der Waals surface area contributed by atoms with E-state index in [0.717, 1.165) is 36.3 Å². The van der Waals surface area contributed by atoms with Gasteiger partial charge in [-0.1, -0.05) is 6.07 Å². The van der Waals surface area contributed by atoms with E-state index in [1.807, 2.05) is 16.8 Å². The number of nitrogens with one attached hydrogen (secondary N) is 2. The summed E-state index contributed by atoms with van der Waals surface area (Å²) in [6.45, 7) is 0. The molecular formula is C23H17F2N5O2. The van der Waals surface area contributed by atoms with E-state index in [0.29, 0.717) is 16.9 Å². The van der Waals surface area contributed by atoms with E-state index in [-0.39, 0.29) is 11.8 Å². The Morgan fingerprint density at radius 1 is 1.00 bits per heavy atom. The maximum absolute atomic E-state index is 13.9. The Labute approximate surface area is 181 Å². The number of carbonyl (C=O) groups excluding carboxylic acids is 2. The maximum Gasteiger partial charge on any atom is 0.258 e. The second kappa shape index (κ2) is 7.84. The molecule has 9 heteroatoms. The van der Waals surface area contributed by atoms with Crippen molar-refractivity contribution in [3.63, 3.8) is 0 Å². The van der Waals surface area contributed by atoms with Crippen LogP contribution in [0.25, 0.3) is 16.6 Å². The summed E-state index contributed by atoms with van der Waals surface area (Å²) < 4.78 is 29.2. The van der Waals surface area contributed by atoms with Gasteiger partial charge in [0.1, 0.15) is 5.82 Å². The van der Waals surface area contributed by atoms with Crippen molar-refractivity contribution in [1.29, 1.82) is 0 Å². The highest BCUT2D eigenvalue weighted by atomic mass is 19.2. The minimum absolute atomic E-state index is 0.0307. The molecule has 1 aromatic carbocycles. The van der Waals surface area contributed by atoms with Crippen molar-refractivity contribution in [2.75, 3.05) is 10.6 Å². The minimum atomic E-state index is -1.33. The summed E-state index contributed by atoms with van der Waals surface area (Å²) in [5.41, 5.74) is 1.56. The second-order valence-electron chi connectivity index (χ2n) is 7.50. The average molecular weight is 433 g/mol. The third kappa shape index (κ3) is 3.68. The van der Waals surface area contributed by atoms with Crippen LogP contribution in [0.15, 0.2) is 61.1 Å². The van der Waals surface area contributed by atoms with Gasteiger partial charge in [-0.3, -0.25) is 9.59 Å². The van der Waals surface area contributed by atoms with Gasteiger partial charge in [-0.2, -0.15) is 4.39 Å². The molecule has 5 rings (SSSR count). The molecule has 7 nitrogen and oxygen atoms in total. The van der Waals surface area contributed by atoms with Gasteiger partial charge in [-0.15, -0.1) is 0 Å². The minimum Gasteiger partial charge on any atom is -0.321 e. The van der Waals surface area contributed by atoms with E-state index in [2.05, 4.69) is 20.6 Å². The largest absolute Gasteiger partial charge is 0.321 e. The van der Waals surface area contributed by atoms with Crippen LogP contribution in [-0.4, -0.2) is 26.3 Å². The lowest BCUT2D eigenvalue weighted by Gasteiger charge is -2.10. The standard InChI is InChI=1S/C23H17F2N5O2/c24-20-16(7-10-27-21(20)25)23(32)28-17-2-1-3-18-15(17)8-11-30(18)14-6-9-26-19(12-14)29-22(31)13-4-5-13/h1-3,6-13H,4-5H2,(H,28,32)(H,26,29,31). The highest BCUT2D eigenvalue weighted by Crippen LogP contribution is 2.31. The number of halogens is 2. The quantitative estimate of drug-likeness (QED) is 0.460. The van der Waals surface area contributed by atoms with Crippen molar-refractivity contribution in [2.24, 2.45) is 5.92 Å². The summed E-state index contributed by atoms with van der Waals surface area (Å²) in [5, 5.41) is 6.17. The van der Waals surface area contributed by atoms with Crippen molar-refractivity contribution in [2.45, 2.75) is 12.8 Å². The molecule has 1 fully saturated rings. The summed E-state index contributed by atoms with van der Waals surface area (Å²) in [7, 11) is 0. The molecular weight excluding hydrogens is 416 g/mol. The van der Waals surface area contributed by atoms with Gasteiger partial charge in [-0.05, 0) is 43.2 Å². The molecule has 3 heterocycles. The highest BCUT2D eigenvalue weighted by Gasteiger charge is 2.29. The number of nitrogens with zero attached hydrogens (tertiary/aromatic N) is 3. The number of pyridine rings is 2. The Kier molecular flexibility index (Phi) is 4.85. The van der Waals surface area contributed by atoms with Crippen LogP contribution >= 0.6 is 0 Å². The van der Waals surface area contributed by atoms with Crippen LogP contribution in [-0.2, 0) is 4.79 Å². The number of carbonyl (C=O) groups is 2.